The third-order valence-electron chi connectivity index (χ3n) is 5.27. The van der Waals surface area contributed by atoms with Crippen molar-refractivity contribution in [3.8, 4) is 0 Å². The van der Waals surface area contributed by atoms with Crippen molar-refractivity contribution >= 4 is 17.0 Å². The average molecular weight is 399 g/mol. The molecule has 29 heavy (non-hydrogen) atoms. The van der Waals surface area contributed by atoms with Gasteiger partial charge >= 0.3 is 0 Å². The summed E-state index contributed by atoms with van der Waals surface area (Å²) in [5.41, 5.74) is 2.14. The van der Waals surface area contributed by atoms with E-state index in [0.29, 0.717) is 22.9 Å². The van der Waals surface area contributed by atoms with Crippen LogP contribution in [0.4, 0.5) is 5.82 Å². The summed E-state index contributed by atoms with van der Waals surface area (Å²) in [6.45, 7) is 3.86. The zero-order valence-electron chi connectivity index (χ0n) is 16.3. The lowest BCUT2D eigenvalue weighted by Gasteiger charge is -2.23. The average Bonchev–Trinajstić information content (AvgIpc) is 3.28. The second-order valence-electron chi connectivity index (χ2n) is 7.55. The van der Waals surface area contributed by atoms with Crippen LogP contribution >= 0.6 is 0 Å². The maximum Gasteiger partial charge on any atom is 0.167 e. The molecule has 0 radical (unpaired) electrons. The summed E-state index contributed by atoms with van der Waals surface area (Å²) >= 11 is 0. The molecule has 0 spiro atoms. The molecule has 0 aliphatic carbocycles. The van der Waals surface area contributed by atoms with Crippen molar-refractivity contribution in [1.29, 1.82) is 0 Å². The Morgan fingerprint density at radius 1 is 1.10 bits per heavy atom. The van der Waals surface area contributed by atoms with E-state index < -0.39 is 31.1 Å². The van der Waals surface area contributed by atoms with Crippen LogP contribution in [0.15, 0.2) is 43.0 Å². The lowest BCUT2D eigenvalue weighted by atomic mass is 9.96. The van der Waals surface area contributed by atoms with Crippen molar-refractivity contribution in [1.82, 2.24) is 19.5 Å². The number of nitrogens with zero attached hydrogens (tertiary/aromatic N) is 4. The van der Waals surface area contributed by atoms with Crippen LogP contribution in [-0.2, 0) is 4.74 Å². The molecule has 3 heterocycles. The maximum absolute atomic E-state index is 10.3. The number of anilines is 1. The third-order valence-corrected chi connectivity index (χ3v) is 5.27. The first-order valence-electron chi connectivity index (χ1n) is 9.62. The summed E-state index contributed by atoms with van der Waals surface area (Å²) in [4.78, 5) is 13.1. The number of fused-ring (bicyclic) bond motifs is 1. The summed E-state index contributed by atoms with van der Waals surface area (Å²) < 4.78 is 7.16. The molecule has 5 atom stereocenters. The molecule has 154 valence electrons. The molecule has 0 bridgehead atoms. The first kappa shape index (κ1) is 19.7. The predicted octanol–water partition coefficient (Wildman–Crippen LogP) is 1.25. The van der Waals surface area contributed by atoms with Crippen molar-refractivity contribution in [2.75, 3.05) is 11.9 Å². The zero-order chi connectivity index (χ0) is 20.5. The Kier molecular flexibility index (Phi) is 5.46. The standard InChI is InChI=1S/C20H25N5O4/c1-11(2)14(12-6-4-3-5-7-12)24-18-15-19(22-9-21-18)25(10-23-15)20-17(28)16(27)13(8-26)29-20/h3-7,9-11,13-14,16-17,20,26-28H,8H2,1-2H3,(H,21,22,24). The van der Waals surface area contributed by atoms with Gasteiger partial charge in [-0.2, -0.15) is 0 Å². The molecule has 1 aliphatic rings. The number of hydrogen-bond donors (Lipinski definition) is 4. The highest BCUT2D eigenvalue weighted by molar-refractivity contribution is 5.83. The molecule has 0 amide bonds. The summed E-state index contributed by atoms with van der Waals surface area (Å²) in [5, 5.41) is 33.2. The van der Waals surface area contributed by atoms with Crippen molar-refractivity contribution in [2.45, 2.75) is 44.4 Å². The normalized spacial score (nSPS) is 25.6. The van der Waals surface area contributed by atoms with Crippen molar-refractivity contribution < 1.29 is 20.1 Å². The number of aromatic nitrogens is 4. The van der Waals surface area contributed by atoms with E-state index >= 15 is 0 Å². The lowest BCUT2D eigenvalue weighted by Crippen LogP contribution is -2.33. The van der Waals surface area contributed by atoms with Crippen LogP contribution in [0.3, 0.4) is 0 Å². The minimum absolute atomic E-state index is 0.0216. The summed E-state index contributed by atoms with van der Waals surface area (Å²) in [6.07, 6.45) is -1.24. The Labute approximate surface area is 168 Å². The van der Waals surface area contributed by atoms with Crippen LogP contribution < -0.4 is 5.32 Å². The molecule has 5 unspecified atom stereocenters. The number of aliphatic hydroxyl groups excluding tert-OH is 3. The third kappa shape index (κ3) is 3.58. The molecular weight excluding hydrogens is 374 g/mol. The molecule has 4 N–H and O–H groups in total. The van der Waals surface area contributed by atoms with Gasteiger partial charge in [-0.3, -0.25) is 4.57 Å². The van der Waals surface area contributed by atoms with Crippen molar-refractivity contribution in [2.24, 2.45) is 5.92 Å². The number of imidazole rings is 1. The van der Waals surface area contributed by atoms with Crippen LogP contribution in [0.5, 0.6) is 0 Å². The van der Waals surface area contributed by atoms with Gasteiger partial charge in [0.15, 0.2) is 23.2 Å². The summed E-state index contributed by atoms with van der Waals surface area (Å²) in [6, 6.07) is 10.1. The topological polar surface area (TPSA) is 126 Å². The van der Waals surface area contributed by atoms with Gasteiger partial charge in [0.05, 0.1) is 19.0 Å². The quantitative estimate of drug-likeness (QED) is 0.488. The molecule has 9 nitrogen and oxygen atoms in total. The molecular formula is C20H25N5O4. The van der Waals surface area contributed by atoms with Gasteiger partial charge in [0.25, 0.3) is 0 Å². The van der Waals surface area contributed by atoms with E-state index in [-0.39, 0.29) is 6.04 Å². The van der Waals surface area contributed by atoms with Crippen LogP contribution in [0, 0.1) is 5.92 Å². The Balaban J connectivity index is 1.68. The molecule has 1 saturated heterocycles. The van der Waals surface area contributed by atoms with E-state index in [4.69, 9.17) is 4.74 Å². The Hall–Kier alpha value is -2.59. The van der Waals surface area contributed by atoms with Gasteiger partial charge < -0.3 is 25.4 Å². The van der Waals surface area contributed by atoms with Gasteiger partial charge in [-0.1, -0.05) is 44.2 Å². The van der Waals surface area contributed by atoms with Crippen molar-refractivity contribution in [3.05, 3.63) is 48.5 Å². The van der Waals surface area contributed by atoms with E-state index in [1.165, 1.54) is 12.7 Å². The molecule has 1 fully saturated rings. The SMILES string of the molecule is CC(C)C(Nc1ncnc2c1ncn2C1OC(CO)C(O)C1O)c1ccccc1. The Morgan fingerprint density at radius 3 is 2.52 bits per heavy atom. The number of hydrogen-bond acceptors (Lipinski definition) is 8. The van der Waals surface area contributed by atoms with E-state index in [2.05, 4.69) is 46.2 Å². The molecule has 2 aromatic heterocycles. The Morgan fingerprint density at radius 2 is 1.86 bits per heavy atom. The number of ether oxygens (including phenoxy) is 1. The Bertz CT molecular complexity index is 964. The van der Waals surface area contributed by atoms with Gasteiger partial charge in [-0.15, -0.1) is 0 Å². The van der Waals surface area contributed by atoms with Crippen LogP contribution in [0.25, 0.3) is 11.2 Å². The van der Waals surface area contributed by atoms with E-state index in [1.807, 2.05) is 18.2 Å². The van der Waals surface area contributed by atoms with Gasteiger partial charge in [0.2, 0.25) is 0 Å². The fourth-order valence-corrected chi connectivity index (χ4v) is 3.70. The van der Waals surface area contributed by atoms with Crippen LogP contribution in [0.1, 0.15) is 31.7 Å². The van der Waals surface area contributed by atoms with E-state index in [0.717, 1.165) is 5.56 Å². The molecule has 1 aromatic carbocycles. The lowest BCUT2D eigenvalue weighted by molar-refractivity contribution is -0.0511. The van der Waals surface area contributed by atoms with Gasteiger partial charge in [-0.05, 0) is 11.5 Å². The minimum atomic E-state index is -1.20. The highest BCUT2D eigenvalue weighted by atomic mass is 16.6. The molecule has 3 aromatic rings. The summed E-state index contributed by atoms with van der Waals surface area (Å²) in [5.74, 6) is 0.869. The minimum Gasteiger partial charge on any atom is -0.394 e. The van der Waals surface area contributed by atoms with Gasteiger partial charge in [0.1, 0.15) is 24.6 Å². The molecule has 0 saturated carbocycles. The zero-order valence-corrected chi connectivity index (χ0v) is 16.3. The fourth-order valence-electron chi connectivity index (χ4n) is 3.70. The number of aliphatic hydroxyl groups is 3. The second kappa shape index (κ2) is 8.03. The number of nitrogens with one attached hydrogen (secondary N) is 1. The van der Waals surface area contributed by atoms with E-state index in [1.54, 1.807) is 4.57 Å². The second-order valence-corrected chi connectivity index (χ2v) is 7.55. The predicted molar refractivity (Wildman–Crippen MR) is 106 cm³/mol. The number of benzene rings is 1. The highest BCUT2D eigenvalue weighted by Crippen LogP contribution is 2.33. The monoisotopic (exact) mass is 399 g/mol. The molecule has 9 heteroatoms. The van der Waals surface area contributed by atoms with Crippen LogP contribution in [-0.4, -0.2) is 59.8 Å². The van der Waals surface area contributed by atoms with Gasteiger partial charge in [0, 0.05) is 0 Å². The largest absolute Gasteiger partial charge is 0.394 e. The smallest absolute Gasteiger partial charge is 0.167 e. The molecule has 1 aliphatic heterocycles. The molecule has 4 rings (SSSR count). The number of rotatable bonds is 6. The maximum atomic E-state index is 10.3. The fraction of sp³-hybridized carbons (Fsp3) is 0.450. The van der Waals surface area contributed by atoms with Crippen LogP contribution in [0.2, 0.25) is 0 Å². The van der Waals surface area contributed by atoms with E-state index in [9.17, 15) is 15.3 Å². The summed E-state index contributed by atoms with van der Waals surface area (Å²) in [7, 11) is 0. The van der Waals surface area contributed by atoms with Crippen molar-refractivity contribution in [3.63, 3.8) is 0 Å². The highest BCUT2D eigenvalue weighted by Gasteiger charge is 2.44. The first-order chi connectivity index (χ1) is 14.0. The first-order valence-corrected chi connectivity index (χ1v) is 9.62. The van der Waals surface area contributed by atoms with Gasteiger partial charge in [-0.25, -0.2) is 15.0 Å².